The summed E-state index contributed by atoms with van der Waals surface area (Å²) in [6, 6.07) is 6.14. The Labute approximate surface area is 96.7 Å². The van der Waals surface area contributed by atoms with Crippen molar-refractivity contribution in [2.75, 3.05) is 0 Å². The number of hydrogen-bond donors (Lipinski definition) is 1. The second kappa shape index (κ2) is 3.28. The number of rotatable bonds is 2. The highest BCUT2D eigenvalue weighted by molar-refractivity contribution is 7.18. The fraction of sp³-hybridized carbons (Fsp3) is 0.333. The maximum Gasteiger partial charge on any atom is 0.307 e. The molecule has 1 aliphatic carbocycles. The molecule has 0 saturated heterocycles. The van der Waals surface area contributed by atoms with Gasteiger partial charge in [0.05, 0.1) is 21.1 Å². The fourth-order valence-corrected chi connectivity index (χ4v) is 3.19. The number of aliphatic carboxylic acids is 1. The summed E-state index contributed by atoms with van der Waals surface area (Å²) in [5, 5.41) is 9.86. The average molecular weight is 233 g/mol. The van der Waals surface area contributed by atoms with Crippen LogP contribution in [-0.2, 0) is 4.79 Å². The molecule has 2 unspecified atom stereocenters. The van der Waals surface area contributed by atoms with E-state index in [0.29, 0.717) is 0 Å². The molecule has 1 aliphatic rings. The summed E-state index contributed by atoms with van der Waals surface area (Å²) in [6.07, 6.45) is 0.744. The highest BCUT2D eigenvalue weighted by Gasteiger charge is 2.46. The third-order valence-electron chi connectivity index (χ3n) is 2.99. The number of aryl methyl sites for hydroxylation is 1. The van der Waals surface area contributed by atoms with Crippen molar-refractivity contribution in [2.45, 2.75) is 19.3 Å². The Bertz CT molecular complexity index is 575. The predicted octanol–water partition coefficient (Wildman–Crippen LogP) is 2.79. The molecule has 82 valence electrons. The second-order valence-electron chi connectivity index (χ2n) is 4.31. The quantitative estimate of drug-likeness (QED) is 0.867. The van der Waals surface area contributed by atoms with Gasteiger partial charge < -0.3 is 5.11 Å². The van der Waals surface area contributed by atoms with Crippen LogP contribution in [0.1, 0.15) is 22.9 Å². The molecule has 0 spiro atoms. The highest BCUT2D eigenvalue weighted by atomic mass is 32.1. The van der Waals surface area contributed by atoms with Crippen LogP contribution in [0.15, 0.2) is 18.2 Å². The molecule has 4 heteroatoms. The molecule has 0 aliphatic heterocycles. The molecule has 1 N–H and O–H groups in total. The number of aromatic nitrogens is 1. The summed E-state index contributed by atoms with van der Waals surface area (Å²) < 4.78 is 1.16. The van der Waals surface area contributed by atoms with Crippen LogP contribution < -0.4 is 0 Å². The van der Waals surface area contributed by atoms with E-state index >= 15 is 0 Å². The molecular formula is C12H11NO2S. The fourth-order valence-electron chi connectivity index (χ4n) is 1.95. The topological polar surface area (TPSA) is 50.2 Å². The molecule has 16 heavy (non-hydrogen) atoms. The Kier molecular flexibility index (Phi) is 2.01. The molecular weight excluding hydrogens is 222 g/mol. The first-order valence-corrected chi connectivity index (χ1v) is 6.06. The van der Waals surface area contributed by atoms with Gasteiger partial charge >= 0.3 is 5.97 Å². The van der Waals surface area contributed by atoms with Gasteiger partial charge in [0.2, 0.25) is 0 Å². The maximum atomic E-state index is 10.8. The number of hydrogen-bond acceptors (Lipinski definition) is 3. The van der Waals surface area contributed by atoms with Crippen LogP contribution in [0.5, 0.6) is 0 Å². The third kappa shape index (κ3) is 1.50. The number of carboxylic acids is 1. The molecule has 1 aromatic carbocycles. The molecule has 1 fully saturated rings. The SMILES string of the molecule is Cc1ccc2nc(C3CC3C(=O)O)sc2c1. The van der Waals surface area contributed by atoms with Gasteiger partial charge in [-0.25, -0.2) is 4.98 Å². The van der Waals surface area contributed by atoms with E-state index in [-0.39, 0.29) is 11.8 Å². The minimum absolute atomic E-state index is 0.148. The van der Waals surface area contributed by atoms with Crippen molar-refractivity contribution in [3.8, 4) is 0 Å². The first-order valence-electron chi connectivity index (χ1n) is 5.25. The van der Waals surface area contributed by atoms with Crippen LogP contribution in [0.25, 0.3) is 10.2 Å². The highest BCUT2D eigenvalue weighted by Crippen LogP contribution is 2.49. The lowest BCUT2D eigenvalue weighted by atomic mass is 10.2. The van der Waals surface area contributed by atoms with E-state index in [0.717, 1.165) is 21.6 Å². The van der Waals surface area contributed by atoms with Crippen molar-refractivity contribution in [3.63, 3.8) is 0 Å². The lowest BCUT2D eigenvalue weighted by Crippen LogP contribution is -1.98. The van der Waals surface area contributed by atoms with Gasteiger partial charge in [-0.05, 0) is 31.0 Å². The number of thiazole rings is 1. The predicted molar refractivity (Wildman–Crippen MR) is 62.8 cm³/mol. The summed E-state index contributed by atoms with van der Waals surface area (Å²) in [4.78, 5) is 15.3. The van der Waals surface area contributed by atoms with Gasteiger partial charge in [-0.3, -0.25) is 4.79 Å². The van der Waals surface area contributed by atoms with E-state index in [2.05, 4.69) is 18.0 Å². The van der Waals surface area contributed by atoms with Gasteiger partial charge in [0.1, 0.15) is 0 Å². The lowest BCUT2D eigenvalue weighted by molar-refractivity contribution is -0.138. The summed E-state index contributed by atoms with van der Waals surface area (Å²) in [7, 11) is 0. The Balaban J connectivity index is 1.98. The summed E-state index contributed by atoms with van der Waals surface area (Å²) in [5.74, 6) is -0.752. The number of carboxylic acid groups (broad SMARTS) is 1. The summed E-state index contributed by atoms with van der Waals surface area (Å²) in [6.45, 7) is 2.05. The zero-order chi connectivity index (χ0) is 11.3. The number of carbonyl (C=O) groups is 1. The van der Waals surface area contributed by atoms with Crippen LogP contribution in [-0.4, -0.2) is 16.1 Å². The third-order valence-corrected chi connectivity index (χ3v) is 4.14. The van der Waals surface area contributed by atoms with Crippen molar-refractivity contribution in [1.82, 2.24) is 4.98 Å². The Morgan fingerprint density at radius 1 is 1.56 bits per heavy atom. The van der Waals surface area contributed by atoms with Gasteiger partial charge in [-0.2, -0.15) is 0 Å². The van der Waals surface area contributed by atoms with Crippen molar-refractivity contribution in [3.05, 3.63) is 28.8 Å². The number of fused-ring (bicyclic) bond motifs is 1. The van der Waals surface area contributed by atoms with Gasteiger partial charge in [0.15, 0.2) is 0 Å². The largest absolute Gasteiger partial charge is 0.481 e. The minimum Gasteiger partial charge on any atom is -0.481 e. The molecule has 3 rings (SSSR count). The molecule has 0 bridgehead atoms. The normalized spacial score (nSPS) is 23.6. The summed E-state index contributed by atoms with van der Waals surface area (Å²) in [5.41, 5.74) is 2.20. The van der Waals surface area contributed by atoms with Gasteiger partial charge in [0, 0.05) is 5.92 Å². The van der Waals surface area contributed by atoms with Crippen LogP contribution in [0.3, 0.4) is 0 Å². The van der Waals surface area contributed by atoms with Crippen molar-refractivity contribution < 1.29 is 9.90 Å². The number of benzene rings is 1. The van der Waals surface area contributed by atoms with Crippen molar-refractivity contribution in [1.29, 1.82) is 0 Å². The van der Waals surface area contributed by atoms with Crippen molar-refractivity contribution >= 4 is 27.5 Å². The van der Waals surface area contributed by atoms with E-state index in [9.17, 15) is 4.79 Å². The molecule has 2 atom stereocenters. The van der Waals surface area contributed by atoms with Crippen LogP contribution in [0.4, 0.5) is 0 Å². The maximum absolute atomic E-state index is 10.8. The molecule has 0 radical (unpaired) electrons. The van der Waals surface area contributed by atoms with Crippen molar-refractivity contribution in [2.24, 2.45) is 5.92 Å². The first-order chi connectivity index (χ1) is 7.65. The zero-order valence-electron chi connectivity index (χ0n) is 8.80. The van der Waals surface area contributed by atoms with Gasteiger partial charge in [-0.15, -0.1) is 11.3 Å². The first kappa shape index (κ1) is 9.78. The monoisotopic (exact) mass is 233 g/mol. The van der Waals surface area contributed by atoms with E-state index in [1.165, 1.54) is 5.56 Å². The van der Waals surface area contributed by atoms with Crippen LogP contribution >= 0.6 is 11.3 Å². The molecule has 1 heterocycles. The van der Waals surface area contributed by atoms with E-state index < -0.39 is 5.97 Å². The molecule has 0 amide bonds. The lowest BCUT2D eigenvalue weighted by Gasteiger charge is -1.88. The summed E-state index contributed by atoms with van der Waals surface area (Å²) >= 11 is 1.63. The van der Waals surface area contributed by atoms with Gasteiger partial charge in [-0.1, -0.05) is 6.07 Å². The standard InChI is InChI=1S/C12H11NO2S/c1-6-2-3-9-10(4-6)16-11(13-9)7-5-8(7)12(14)15/h2-4,7-8H,5H2,1H3,(H,14,15). The molecule has 3 nitrogen and oxygen atoms in total. The van der Waals surface area contributed by atoms with Crippen LogP contribution in [0, 0.1) is 12.8 Å². The Hall–Kier alpha value is -1.42. The second-order valence-corrected chi connectivity index (χ2v) is 5.37. The van der Waals surface area contributed by atoms with E-state index in [1.54, 1.807) is 11.3 Å². The van der Waals surface area contributed by atoms with Gasteiger partial charge in [0.25, 0.3) is 0 Å². The Morgan fingerprint density at radius 3 is 3.06 bits per heavy atom. The number of nitrogens with zero attached hydrogens (tertiary/aromatic N) is 1. The molecule has 1 aromatic heterocycles. The van der Waals surface area contributed by atoms with Crippen LogP contribution in [0.2, 0.25) is 0 Å². The van der Waals surface area contributed by atoms with E-state index in [4.69, 9.17) is 5.11 Å². The average Bonchev–Trinajstić information content (AvgIpc) is 2.93. The molecule has 1 saturated carbocycles. The Morgan fingerprint density at radius 2 is 2.38 bits per heavy atom. The van der Waals surface area contributed by atoms with E-state index in [1.807, 2.05) is 12.1 Å². The molecule has 2 aromatic rings. The smallest absolute Gasteiger partial charge is 0.307 e. The minimum atomic E-state index is -0.694. The zero-order valence-corrected chi connectivity index (χ0v) is 9.62.